The first-order valence-corrected chi connectivity index (χ1v) is 7.61. The highest BCUT2D eigenvalue weighted by atomic mass is 16.5. The topological polar surface area (TPSA) is 102 Å². The average Bonchev–Trinajstić information content (AvgIpc) is 2.89. The van der Waals surface area contributed by atoms with E-state index in [1.165, 1.54) is 18.6 Å². The number of nitrogens with one attached hydrogen (secondary N) is 1. The van der Waals surface area contributed by atoms with E-state index < -0.39 is 0 Å². The van der Waals surface area contributed by atoms with Gasteiger partial charge in [-0.3, -0.25) is 4.68 Å². The molecule has 9 heteroatoms. The van der Waals surface area contributed by atoms with Crippen LogP contribution in [0, 0.1) is 0 Å². The normalized spacial score (nSPS) is 14.2. The third-order valence-electron chi connectivity index (χ3n) is 3.87. The first-order chi connectivity index (χ1) is 11.6. The quantitative estimate of drug-likeness (QED) is 0.840. The molecule has 126 valence electrons. The van der Waals surface area contributed by atoms with Crippen LogP contribution in [0.3, 0.4) is 0 Å². The van der Waals surface area contributed by atoms with Crippen molar-refractivity contribution in [2.24, 2.45) is 7.05 Å². The first kappa shape index (κ1) is 15.9. The number of carbonyl (C=O) groups is 2. The number of aromatic nitrogens is 4. The summed E-state index contributed by atoms with van der Waals surface area (Å²) in [5.41, 5.74) is 1.84. The van der Waals surface area contributed by atoms with Crippen molar-refractivity contribution >= 4 is 17.7 Å². The van der Waals surface area contributed by atoms with E-state index in [1.807, 2.05) is 0 Å². The second-order valence-corrected chi connectivity index (χ2v) is 5.45. The molecular weight excluding hydrogens is 312 g/mol. The number of nitrogens with zero attached hydrogens (tertiary/aromatic N) is 5. The number of carbonyl (C=O) groups excluding carboxylic acids is 2. The monoisotopic (exact) mass is 330 g/mol. The average molecular weight is 330 g/mol. The molecule has 0 bridgehead atoms. The van der Waals surface area contributed by atoms with Gasteiger partial charge in [-0.15, -0.1) is 0 Å². The summed E-state index contributed by atoms with van der Waals surface area (Å²) in [4.78, 5) is 25.8. The summed E-state index contributed by atoms with van der Waals surface area (Å²) in [7, 11) is 1.78. The van der Waals surface area contributed by atoms with E-state index in [4.69, 9.17) is 4.74 Å². The van der Waals surface area contributed by atoms with Crippen LogP contribution in [0.1, 0.15) is 28.9 Å². The molecule has 24 heavy (non-hydrogen) atoms. The minimum atomic E-state index is -0.383. The fourth-order valence-electron chi connectivity index (χ4n) is 2.68. The molecule has 0 spiro atoms. The van der Waals surface area contributed by atoms with Crippen molar-refractivity contribution in [2.75, 3.05) is 25.0 Å². The van der Waals surface area contributed by atoms with Gasteiger partial charge in [0, 0.05) is 26.1 Å². The first-order valence-electron chi connectivity index (χ1n) is 7.61. The Morgan fingerprint density at radius 1 is 1.33 bits per heavy atom. The van der Waals surface area contributed by atoms with Gasteiger partial charge >= 0.3 is 12.0 Å². The molecule has 0 atom stereocenters. The lowest BCUT2D eigenvalue weighted by Crippen LogP contribution is -2.51. The molecule has 1 saturated heterocycles. The molecule has 1 N–H and O–H groups in total. The van der Waals surface area contributed by atoms with Gasteiger partial charge in [0.25, 0.3) is 0 Å². The van der Waals surface area contributed by atoms with E-state index in [0.29, 0.717) is 30.9 Å². The number of ether oxygens (including phenoxy) is 1. The summed E-state index contributed by atoms with van der Waals surface area (Å²) in [6, 6.07) is 1.46. The van der Waals surface area contributed by atoms with Gasteiger partial charge in [0.1, 0.15) is 5.56 Å². The van der Waals surface area contributed by atoms with Crippen LogP contribution in [0.25, 0.3) is 0 Å². The maximum Gasteiger partial charge on any atom is 0.341 e. The summed E-state index contributed by atoms with van der Waals surface area (Å²) in [5.74, 6) is -0.329. The van der Waals surface area contributed by atoms with E-state index >= 15 is 0 Å². The highest BCUT2D eigenvalue weighted by molar-refractivity contribution is 5.92. The van der Waals surface area contributed by atoms with Crippen LogP contribution in [0.5, 0.6) is 0 Å². The smallest absolute Gasteiger partial charge is 0.341 e. The van der Waals surface area contributed by atoms with Gasteiger partial charge in [-0.25, -0.2) is 9.59 Å². The molecule has 0 saturated carbocycles. The number of rotatable bonds is 4. The van der Waals surface area contributed by atoms with E-state index in [1.54, 1.807) is 29.6 Å². The van der Waals surface area contributed by atoms with Gasteiger partial charge < -0.3 is 15.0 Å². The van der Waals surface area contributed by atoms with Crippen molar-refractivity contribution in [1.29, 1.82) is 0 Å². The number of hydrogen-bond donors (Lipinski definition) is 1. The standard InChI is InChI=1S/C15H18N6O3/c1-3-24-14(22)12-7-18-20(2)13(12)10-8-21(9-10)15(23)19-11-4-5-16-17-6-11/h4-7,10H,3,8-9H2,1-2H3,(H,16,19,23). The third-order valence-corrected chi connectivity index (χ3v) is 3.87. The van der Waals surface area contributed by atoms with E-state index in [-0.39, 0.29) is 17.9 Å². The van der Waals surface area contributed by atoms with E-state index in [9.17, 15) is 9.59 Å². The maximum absolute atomic E-state index is 12.2. The van der Waals surface area contributed by atoms with Gasteiger partial charge in [-0.05, 0) is 13.0 Å². The molecule has 1 fully saturated rings. The number of likely N-dealkylation sites (tertiary alicyclic amines) is 1. The van der Waals surface area contributed by atoms with Crippen LogP contribution < -0.4 is 5.32 Å². The van der Waals surface area contributed by atoms with Crippen LogP contribution >= 0.6 is 0 Å². The molecule has 0 aliphatic carbocycles. The van der Waals surface area contributed by atoms with Crippen LogP contribution in [0.2, 0.25) is 0 Å². The molecule has 2 aromatic heterocycles. The zero-order valence-electron chi connectivity index (χ0n) is 13.5. The Bertz CT molecular complexity index is 739. The fourth-order valence-corrected chi connectivity index (χ4v) is 2.68. The van der Waals surface area contributed by atoms with Crippen LogP contribution in [0.4, 0.5) is 10.5 Å². The summed E-state index contributed by atoms with van der Waals surface area (Å²) in [6.45, 7) is 3.09. The van der Waals surface area contributed by atoms with Crippen LogP contribution in [-0.4, -0.2) is 56.6 Å². The Balaban J connectivity index is 1.63. The lowest BCUT2D eigenvalue weighted by Gasteiger charge is -2.39. The zero-order chi connectivity index (χ0) is 17.1. The summed E-state index contributed by atoms with van der Waals surface area (Å²) in [6.07, 6.45) is 4.50. The molecule has 2 amide bonds. The third kappa shape index (κ3) is 3.05. The molecule has 0 radical (unpaired) electrons. The van der Waals surface area contributed by atoms with Gasteiger partial charge in [0.15, 0.2) is 0 Å². The molecule has 0 unspecified atom stereocenters. The van der Waals surface area contributed by atoms with Gasteiger partial charge in [0.05, 0.1) is 36.6 Å². The van der Waals surface area contributed by atoms with Crippen molar-refractivity contribution in [3.8, 4) is 0 Å². The van der Waals surface area contributed by atoms with Crippen molar-refractivity contribution < 1.29 is 14.3 Å². The Hall–Kier alpha value is -2.97. The predicted molar refractivity (Wildman–Crippen MR) is 84.5 cm³/mol. The number of urea groups is 1. The molecule has 3 rings (SSSR count). The molecule has 9 nitrogen and oxygen atoms in total. The highest BCUT2D eigenvalue weighted by Gasteiger charge is 2.36. The Morgan fingerprint density at radius 2 is 2.12 bits per heavy atom. The van der Waals surface area contributed by atoms with Gasteiger partial charge in [-0.2, -0.15) is 15.3 Å². The fraction of sp³-hybridized carbons (Fsp3) is 0.400. The number of anilines is 1. The molecule has 1 aliphatic rings. The Labute approximate surface area is 138 Å². The molecule has 3 heterocycles. The van der Waals surface area contributed by atoms with Crippen LogP contribution in [-0.2, 0) is 11.8 Å². The van der Waals surface area contributed by atoms with Crippen molar-refractivity contribution in [3.63, 3.8) is 0 Å². The predicted octanol–water partition coefficient (Wildman–Crippen LogP) is 1.02. The Kier molecular flexibility index (Phi) is 4.41. The molecule has 1 aliphatic heterocycles. The second kappa shape index (κ2) is 6.65. The van der Waals surface area contributed by atoms with Crippen molar-refractivity contribution in [1.82, 2.24) is 24.9 Å². The molecule has 0 aromatic carbocycles. The molecule has 2 aromatic rings. The second-order valence-electron chi connectivity index (χ2n) is 5.45. The van der Waals surface area contributed by atoms with Gasteiger partial charge in [-0.1, -0.05) is 0 Å². The number of hydrogen-bond acceptors (Lipinski definition) is 6. The summed E-state index contributed by atoms with van der Waals surface area (Å²) >= 11 is 0. The molecular formula is C15H18N6O3. The summed E-state index contributed by atoms with van der Waals surface area (Å²) in [5, 5.41) is 14.3. The van der Waals surface area contributed by atoms with Crippen molar-refractivity contribution in [2.45, 2.75) is 12.8 Å². The Morgan fingerprint density at radius 3 is 2.79 bits per heavy atom. The lowest BCUT2D eigenvalue weighted by atomic mass is 9.93. The minimum Gasteiger partial charge on any atom is -0.462 e. The number of aryl methyl sites for hydroxylation is 1. The number of esters is 1. The minimum absolute atomic E-state index is 0.0539. The van der Waals surface area contributed by atoms with E-state index in [0.717, 1.165) is 5.69 Å². The maximum atomic E-state index is 12.2. The lowest BCUT2D eigenvalue weighted by molar-refractivity contribution is 0.0522. The van der Waals surface area contributed by atoms with Gasteiger partial charge in [0.2, 0.25) is 0 Å². The summed E-state index contributed by atoms with van der Waals surface area (Å²) < 4.78 is 6.72. The number of amides is 2. The van der Waals surface area contributed by atoms with Crippen LogP contribution in [0.15, 0.2) is 24.7 Å². The van der Waals surface area contributed by atoms with E-state index in [2.05, 4.69) is 20.6 Å². The largest absolute Gasteiger partial charge is 0.462 e. The zero-order valence-corrected chi connectivity index (χ0v) is 13.5. The van der Waals surface area contributed by atoms with Crippen molar-refractivity contribution in [3.05, 3.63) is 35.9 Å². The highest BCUT2D eigenvalue weighted by Crippen LogP contribution is 2.30. The SMILES string of the molecule is CCOC(=O)c1cnn(C)c1C1CN(C(=O)Nc2ccnnc2)C1.